The van der Waals surface area contributed by atoms with Crippen LogP contribution in [0, 0.1) is 11.3 Å². The zero-order valence-corrected chi connectivity index (χ0v) is 14.1. The van der Waals surface area contributed by atoms with Gasteiger partial charge in [0.2, 0.25) is 0 Å². The van der Waals surface area contributed by atoms with Gasteiger partial charge < -0.3 is 9.47 Å². The monoisotopic (exact) mass is 361 g/mol. The van der Waals surface area contributed by atoms with Crippen molar-refractivity contribution in [2.24, 2.45) is 0 Å². The van der Waals surface area contributed by atoms with Gasteiger partial charge in [-0.1, -0.05) is 41.4 Å². The number of carbonyl (C=O) groups is 1. The number of esters is 1. The van der Waals surface area contributed by atoms with E-state index in [9.17, 15) is 4.79 Å². The predicted molar refractivity (Wildman–Crippen MR) is 93.1 cm³/mol. The fourth-order valence-electron chi connectivity index (χ4n) is 1.79. The molecule has 0 atom stereocenters. The molecule has 0 spiro atoms. The minimum atomic E-state index is -0.492. The van der Waals surface area contributed by atoms with Crippen LogP contribution in [0.15, 0.2) is 48.5 Å². The van der Waals surface area contributed by atoms with Gasteiger partial charge in [0.05, 0.1) is 21.7 Å². The molecule has 0 heterocycles. The smallest absolute Gasteiger partial charge is 0.330 e. The van der Waals surface area contributed by atoms with Crippen molar-refractivity contribution in [3.63, 3.8) is 0 Å². The highest BCUT2D eigenvalue weighted by Gasteiger charge is 2.06. The van der Waals surface area contributed by atoms with Crippen LogP contribution in [-0.4, -0.2) is 19.2 Å². The maximum absolute atomic E-state index is 11.6. The van der Waals surface area contributed by atoms with Crippen molar-refractivity contribution >= 4 is 35.2 Å². The summed E-state index contributed by atoms with van der Waals surface area (Å²) in [5, 5.41) is 9.51. The second-order valence-corrected chi connectivity index (χ2v) is 5.45. The molecule has 2 rings (SSSR count). The van der Waals surface area contributed by atoms with E-state index >= 15 is 0 Å². The van der Waals surface area contributed by atoms with Crippen LogP contribution in [0.25, 0.3) is 6.08 Å². The second-order valence-electron chi connectivity index (χ2n) is 4.63. The molecule has 122 valence electrons. The van der Waals surface area contributed by atoms with E-state index in [2.05, 4.69) is 0 Å². The lowest BCUT2D eigenvalue weighted by Crippen LogP contribution is -2.10. The molecule has 0 aliphatic heterocycles. The summed E-state index contributed by atoms with van der Waals surface area (Å²) in [5.41, 5.74) is 1.36. The summed E-state index contributed by atoms with van der Waals surface area (Å²) in [5.74, 6) is -0.127. The Morgan fingerprint density at radius 1 is 1.08 bits per heavy atom. The van der Waals surface area contributed by atoms with Crippen molar-refractivity contribution in [2.45, 2.75) is 0 Å². The van der Waals surface area contributed by atoms with Gasteiger partial charge in [-0.25, -0.2) is 4.79 Å². The molecule has 2 aromatic carbocycles. The van der Waals surface area contributed by atoms with Gasteiger partial charge >= 0.3 is 5.97 Å². The molecule has 0 saturated carbocycles. The van der Waals surface area contributed by atoms with Gasteiger partial charge in [-0.05, 0) is 35.9 Å². The Hall–Kier alpha value is -2.48. The lowest BCUT2D eigenvalue weighted by molar-refractivity contribution is -0.138. The van der Waals surface area contributed by atoms with Crippen molar-refractivity contribution < 1.29 is 14.3 Å². The molecule has 0 aliphatic rings. The quantitative estimate of drug-likeness (QED) is 0.431. The Bertz CT molecular complexity index is 760. The Balaban J connectivity index is 1.77. The number of benzene rings is 2. The first-order valence-electron chi connectivity index (χ1n) is 7.02. The third kappa shape index (κ3) is 5.31. The van der Waals surface area contributed by atoms with Crippen molar-refractivity contribution in [3.8, 4) is 11.8 Å². The van der Waals surface area contributed by atoms with Crippen LogP contribution in [0.4, 0.5) is 0 Å². The van der Waals surface area contributed by atoms with Gasteiger partial charge in [0.15, 0.2) is 5.75 Å². The van der Waals surface area contributed by atoms with E-state index in [-0.39, 0.29) is 13.2 Å². The minimum Gasteiger partial charge on any atom is -0.487 e. The first kappa shape index (κ1) is 17.9. The standard InChI is InChI=1S/C18H13Cl2NO3/c19-15-2-1-3-16(20)18(15)24-11-10-23-17(22)9-8-13-4-6-14(12-21)7-5-13/h1-9H,10-11H2/b9-8+. The molecule has 0 amide bonds. The predicted octanol–water partition coefficient (Wildman–Crippen LogP) is 4.50. The van der Waals surface area contributed by atoms with Crippen molar-refractivity contribution in [1.29, 1.82) is 5.26 Å². The number of halogens is 2. The van der Waals surface area contributed by atoms with Gasteiger partial charge in [-0.2, -0.15) is 5.26 Å². The molecular formula is C18H13Cl2NO3. The number of rotatable bonds is 6. The molecule has 6 heteroatoms. The number of nitriles is 1. The topological polar surface area (TPSA) is 59.3 Å². The van der Waals surface area contributed by atoms with Gasteiger partial charge in [-0.15, -0.1) is 0 Å². The number of hydrogen-bond acceptors (Lipinski definition) is 4. The fraction of sp³-hybridized carbons (Fsp3) is 0.111. The van der Waals surface area contributed by atoms with Crippen LogP contribution in [0.1, 0.15) is 11.1 Å². The van der Waals surface area contributed by atoms with E-state index in [1.807, 2.05) is 6.07 Å². The molecular weight excluding hydrogens is 349 g/mol. The molecule has 0 aromatic heterocycles. The maximum atomic E-state index is 11.6. The SMILES string of the molecule is N#Cc1ccc(/C=C/C(=O)OCCOc2c(Cl)cccc2Cl)cc1. The maximum Gasteiger partial charge on any atom is 0.330 e. The molecule has 0 unspecified atom stereocenters. The fourth-order valence-corrected chi connectivity index (χ4v) is 2.29. The molecule has 0 bridgehead atoms. The summed E-state index contributed by atoms with van der Waals surface area (Å²) >= 11 is 11.9. The van der Waals surface area contributed by atoms with Crippen LogP contribution in [0.3, 0.4) is 0 Å². The molecule has 0 aliphatic carbocycles. The van der Waals surface area contributed by atoms with Gasteiger partial charge in [-0.3, -0.25) is 0 Å². The highest BCUT2D eigenvalue weighted by atomic mass is 35.5. The van der Waals surface area contributed by atoms with E-state index in [4.69, 9.17) is 37.9 Å². The zero-order chi connectivity index (χ0) is 17.4. The molecule has 0 saturated heterocycles. The van der Waals surface area contributed by atoms with E-state index in [0.29, 0.717) is 21.4 Å². The summed E-state index contributed by atoms with van der Waals surface area (Å²) in [4.78, 5) is 11.6. The Morgan fingerprint density at radius 2 is 1.75 bits per heavy atom. The summed E-state index contributed by atoms with van der Waals surface area (Å²) < 4.78 is 10.4. The highest BCUT2D eigenvalue weighted by Crippen LogP contribution is 2.32. The Morgan fingerprint density at radius 3 is 2.38 bits per heavy atom. The van der Waals surface area contributed by atoms with E-state index < -0.39 is 5.97 Å². The normalized spacial score (nSPS) is 10.4. The summed E-state index contributed by atoms with van der Waals surface area (Å²) in [6, 6.07) is 13.9. The van der Waals surface area contributed by atoms with E-state index in [1.54, 1.807) is 48.5 Å². The largest absolute Gasteiger partial charge is 0.487 e. The molecule has 24 heavy (non-hydrogen) atoms. The van der Waals surface area contributed by atoms with Gasteiger partial charge in [0, 0.05) is 6.08 Å². The lowest BCUT2D eigenvalue weighted by Gasteiger charge is -2.09. The van der Waals surface area contributed by atoms with Crippen LogP contribution >= 0.6 is 23.2 Å². The van der Waals surface area contributed by atoms with Crippen molar-refractivity contribution in [3.05, 3.63) is 69.7 Å². The Kier molecular flexibility index (Phi) is 6.68. The molecule has 2 aromatic rings. The zero-order valence-electron chi connectivity index (χ0n) is 12.5. The molecule has 0 N–H and O–H groups in total. The van der Waals surface area contributed by atoms with Crippen LogP contribution in [0.5, 0.6) is 5.75 Å². The van der Waals surface area contributed by atoms with Gasteiger partial charge in [0.25, 0.3) is 0 Å². The van der Waals surface area contributed by atoms with Crippen LogP contribution < -0.4 is 4.74 Å². The van der Waals surface area contributed by atoms with E-state index in [1.165, 1.54) is 6.08 Å². The molecule has 4 nitrogen and oxygen atoms in total. The third-order valence-electron chi connectivity index (χ3n) is 2.94. The summed E-state index contributed by atoms with van der Waals surface area (Å²) in [6.07, 6.45) is 2.92. The average molecular weight is 362 g/mol. The highest BCUT2D eigenvalue weighted by molar-refractivity contribution is 6.37. The number of nitrogens with zero attached hydrogens (tertiary/aromatic N) is 1. The number of ether oxygens (including phenoxy) is 2. The summed E-state index contributed by atoms with van der Waals surface area (Å²) in [7, 11) is 0. The number of hydrogen-bond donors (Lipinski definition) is 0. The number of carbonyl (C=O) groups excluding carboxylic acids is 1. The first-order chi connectivity index (χ1) is 11.6. The van der Waals surface area contributed by atoms with Gasteiger partial charge in [0.1, 0.15) is 13.2 Å². The van der Waals surface area contributed by atoms with Crippen LogP contribution in [0.2, 0.25) is 10.0 Å². The molecule has 0 radical (unpaired) electrons. The third-order valence-corrected chi connectivity index (χ3v) is 3.54. The second kappa shape index (κ2) is 8.97. The van der Waals surface area contributed by atoms with E-state index in [0.717, 1.165) is 5.56 Å². The van der Waals surface area contributed by atoms with Crippen molar-refractivity contribution in [1.82, 2.24) is 0 Å². The first-order valence-corrected chi connectivity index (χ1v) is 7.77. The minimum absolute atomic E-state index is 0.0676. The lowest BCUT2D eigenvalue weighted by atomic mass is 10.1. The van der Waals surface area contributed by atoms with Crippen molar-refractivity contribution in [2.75, 3.05) is 13.2 Å². The number of para-hydroxylation sites is 1. The Labute approximate surface area is 149 Å². The molecule has 0 fully saturated rings. The average Bonchev–Trinajstić information content (AvgIpc) is 2.59. The summed E-state index contributed by atoms with van der Waals surface area (Å²) in [6.45, 7) is 0.206. The van der Waals surface area contributed by atoms with Crippen LogP contribution in [-0.2, 0) is 9.53 Å².